The lowest BCUT2D eigenvalue weighted by molar-refractivity contribution is 0.0688. The van der Waals surface area contributed by atoms with Crippen LogP contribution in [0, 0.1) is 0 Å². The van der Waals surface area contributed by atoms with Gasteiger partial charge < -0.3 is 10.6 Å². The Hall–Kier alpha value is -3.74. The molecule has 0 saturated carbocycles. The predicted octanol–water partition coefficient (Wildman–Crippen LogP) is 5.67. The van der Waals surface area contributed by atoms with E-state index in [0.717, 1.165) is 10.3 Å². The third kappa shape index (κ3) is 3.87. The van der Waals surface area contributed by atoms with Crippen molar-refractivity contribution in [1.29, 1.82) is 0 Å². The van der Waals surface area contributed by atoms with Gasteiger partial charge in [0.1, 0.15) is 5.82 Å². The number of halogens is 2. The largest absolute Gasteiger partial charge is 0.355 e. The van der Waals surface area contributed by atoms with Gasteiger partial charge in [0.25, 0.3) is 5.91 Å². The van der Waals surface area contributed by atoms with E-state index in [9.17, 15) is 13.6 Å². The maximum atomic E-state index is 13.7. The van der Waals surface area contributed by atoms with Gasteiger partial charge in [0.05, 0.1) is 28.3 Å². The Labute approximate surface area is 172 Å². The first-order valence-corrected chi connectivity index (χ1v) is 9.51. The van der Waals surface area contributed by atoms with Crippen molar-refractivity contribution in [3.63, 3.8) is 0 Å². The molecule has 4 rings (SSSR count). The van der Waals surface area contributed by atoms with Crippen molar-refractivity contribution in [2.75, 3.05) is 5.32 Å². The number of rotatable bonds is 6. The molecule has 7 heteroatoms. The Morgan fingerprint density at radius 2 is 1.60 bits per heavy atom. The summed E-state index contributed by atoms with van der Waals surface area (Å²) in [6, 6.07) is 22.5. The number of anilines is 2. The molecule has 1 amide bonds. The molecule has 0 aliphatic carbocycles. The van der Waals surface area contributed by atoms with E-state index in [1.807, 2.05) is 36.4 Å². The number of fused-ring (bicyclic) bond motifs is 1. The number of hydrogen-bond donors (Lipinski definition) is 2. The molecule has 3 aromatic carbocycles. The van der Waals surface area contributed by atoms with Crippen LogP contribution in [0.15, 0.2) is 78.9 Å². The van der Waals surface area contributed by atoms with E-state index < -0.39 is 12.6 Å². The lowest BCUT2D eigenvalue weighted by Gasteiger charge is -2.17. The van der Waals surface area contributed by atoms with E-state index in [2.05, 4.69) is 15.6 Å². The van der Waals surface area contributed by atoms with Crippen LogP contribution in [0.2, 0.25) is 0 Å². The predicted molar refractivity (Wildman–Crippen MR) is 113 cm³/mol. The molecule has 0 saturated heterocycles. The number of nitrogens with zero attached hydrogens (tertiary/aromatic N) is 2. The highest BCUT2D eigenvalue weighted by molar-refractivity contribution is 6.00. The number of nitrogens with one attached hydrogen (secondary N) is 2. The lowest BCUT2D eigenvalue weighted by Crippen LogP contribution is -2.29. The summed E-state index contributed by atoms with van der Waals surface area (Å²) in [6.45, 7) is -1.12. The standard InChI is InChI=1S/C23H20F2N4O/c1-15(21-28-19-13-7-8-14-20(19)29(21)23(24)25)26-22(30)17-11-5-6-12-18(17)27-16-9-3-2-4-10-16/h2-15,23,27H,1H3,(H,26,30). The number of benzene rings is 3. The molecule has 152 valence electrons. The quantitative estimate of drug-likeness (QED) is 0.434. The summed E-state index contributed by atoms with van der Waals surface area (Å²) >= 11 is 0. The maximum Gasteiger partial charge on any atom is 0.320 e. The zero-order chi connectivity index (χ0) is 21.1. The maximum absolute atomic E-state index is 13.7. The van der Waals surface area contributed by atoms with Gasteiger partial charge in [-0.2, -0.15) is 8.78 Å². The molecular formula is C23H20F2N4O. The SMILES string of the molecule is CC(NC(=O)c1ccccc1Nc1ccccc1)c1nc2ccccc2n1C(F)F. The van der Waals surface area contributed by atoms with E-state index in [4.69, 9.17) is 0 Å². The molecule has 1 unspecified atom stereocenters. The Morgan fingerprint density at radius 3 is 2.37 bits per heavy atom. The van der Waals surface area contributed by atoms with Gasteiger partial charge in [-0.15, -0.1) is 0 Å². The number of imidazole rings is 1. The first kappa shape index (κ1) is 19.6. The third-order valence-corrected chi connectivity index (χ3v) is 4.78. The number of alkyl halides is 2. The molecule has 4 aromatic rings. The van der Waals surface area contributed by atoms with Gasteiger partial charge >= 0.3 is 6.55 Å². The molecule has 0 radical (unpaired) electrons. The van der Waals surface area contributed by atoms with Crippen LogP contribution in [0.25, 0.3) is 11.0 Å². The Balaban J connectivity index is 1.61. The van der Waals surface area contributed by atoms with Crippen molar-refractivity contribution in [3.8, 4) is 0 Å². The number of carbonyl (C=O) groups excluding carboxylic acids is 1. The number of para-hydroxylation sites is 4. The molecule has 2 N–H and O–H groups in total. The van der Waals surface area contributed by atoms with Crippen LogP contribution in [0.3, 0.4) is 0 Å². The monoisotopic (exact) mass is 406 g/mol. The Bertz CT molecular complexity index is 1170. The number of aromatic nitrogens is 2. The van der Waals surface area contributed by atoms with Crippen molar-refractivity contribution in [2.24, 2.45) is 0 Å². The van der Waals surface area contributed by atoms with Crippen molar-refractivity contribution < 1.29 is 13.6 Å². The van der Waals surface area contributed by atoms with Gasteiger partial charge in [-0.05, 0) is 43.3 Å². The molecule has 5 nitrogen and oxygen atoms in total. The van der Waals surface area contributed by atoms with Crippen molar-refractivity contribution in [3.05, 3.63) is 90.3 Å². The van der Waals surface area contributed by atoms with Crippen molar-refractivity contribution >= 4 is 28.3 Å². The molecule has 0 bridgehead atoms. The highest BCUT2D eigenvalue weighted by atomic mass is 19.3. The molecule has 0 aliphatic rings. The topological polar surface area (TPSA) is 59.0 Å². The first-order valence-electron chi connectivity index (χ1n) is 9.51. The second kappa shape index (κ2) is 8.32. The molecule has 0 spiro atoms. The summed E-state index contributed by atoms with van der Waals surface area (Å²) in [5.41, 5.74) is 2.66. The lowest BCUT2D eigenvalue weighted by atomic mass is 10.1. The molecule has 0 fully saturated rings. The molecule has 1 atom stereocenters. The second-order valence-electron chi connectivity index (χ2n) is 6.84. The zero-order valence-corrected chi connectivity index (χ0v) is 16.2. The fraction of sp³-hybridized carbons (Fsp3) is 0.130. The van der Waals surface area contributed by atoms with Crippen LogP contribution in [-0.4, -0.2) is 15.5 Å². The highest BCUT2D eigenvalue weighted by Crippen LogP contribution is 2.27. The summed E-state index contributed by atoms with van der Waals surface area (Å²) in [5, 5.41) is 6.02. The number of amides is 1. The minimum absolute atomic E-state index is 0.105. The van der Waals surface area contributed by atoms with Crippen LogP contribution < -0.4 is 10.6 Å². The zero-order valence-electron chi connectivity index (χ0n) is 16.2. The molecule has 1 aromatic heterocycles. The van der Waals surface area contributed by atoms with Crippen LogP contribution in [0.5, 0.6) is 0 Å². The van der Waals surface area contributed by atoms with Crippen molar-refractivity contribution in [1.82, 2.24) is 14.9 Å². The van der Waals surface area contributed by atoms with E-state index in [0.29, 0.717) is 22.3 Å². The van der Waals surface area contributed by atoms with Crippen molar-refractivity contribution in [2.45, 2.75) is 19.5 Å². The fourth-order valence-corrected chi connectivity index (χ4v) is 3.38. The highest BCUT2D eigenvalue weighted by Gasteiger charge is 2.23. The van der Waals surface area contributed by atoms with E-state index >= 15 is 0 Å². The van der Waals surface area contributed by atoms with Gasteiger partial charge in [-0.3, -0.25) is 9.36 Å². The van der Waals surface area contributed by atoms with Gasteiger partial charge in [-0.25, -0.2) is 4.98 Å². The van der Waals surface area contributed by atoms with Gasteiger partial charge in [0, 0.05) is 5.69 Å². The van der Waals surface area contributed by atoms with Gasteiger partial charge in [0.15, 0.2) is 0 Å². The third-order valence-electron chi connectivity index (χ3n) is 4.78. The normalized spacial score (nSPS) is 12.1. The number of hydrogen-bond acceptors (Lipinski definition) is 3. The Morgan fingerprint density at radius 1 is 0.933 bits per heavy atom. The smallest absolute Gasteiger partial charge is 0.320 e. The molecule has 0 aliphatic heterocycles. The minimum atomic E-state index is -2.77. The van der Waals surface area contributed by atoms with Crippen LogP contribution in [-0.2, 0) is 0 Å². The fourth-order valence-electron chi connectivity index (χ4n) is 3.38. The summed E-state index contributed by atoms with van der Waals surface area (Å²) in [5.74, 6) is -0.276. The second-order valence-corrected chi connectivity index (χ2v) is 6.84. The van der Waals surface area contributed by atoms with E-state index in [-0.39, 0.29) is 11.7 Å². The average molecular weight is 406 g/mol. The summed E-state index contributed by atoms with van der Waals surface area (Å²) in [4.78, 5) is 17.3. The number of carbonyl (C=O) groups is 1. The van der Waals surface area contributed by atoms with Crippen LogP contribution in [0.1, 0.15) is 35.7 Å². The van der Waals surface area contributed by atoms with E-state index in [1.165, 1.54) is 0 Å². The molecule has 30 heavy (non-hydrogen) atoms. The summed E-state index contributed by atoms with van der Waals surface area (Å²) in [6.07, 6.45) is 0. The minimum Gasteiger partial charge on any atom is -0.355 e. The van der Waals surface area contributed by atoms with Gasteiger partial charge in [0.2, 0.25) is 0 Å². The van der Waals surface area contributed by atoms with Gasteiger partial charge in [-0.1, -0.05) is 42.5 Å². The molecular weight excluding hydrogens is 386 g/mol. The summed E-state index contributed by atoms with van der Waals surface area (Å²) in [7, 11) is 0. The van der Waals surface area contributed by atoms with Crippen LogP contribution in [0.4, 0.5) is 20.2 Å². The Kier molecular flexibility index (Phi) is 5.43. The van der Waals surface area contributed by atoms with E-state index in [1.54, 1.807) is 49.4 Å². The first-order chi connectivity index (χ1) is 14.5. The van der Waals surface area contributed by atoms with Crippen LogP contribution >= 0.6 is 0 Å². The molecule has 1 heterocycles. The summed E-state index contributed by atoms with van der Waals surface area (Å²) < 4.78 is 28.3. The average Bonchev–Trinajstić information content (AvgIpc) is 3.15.